The summed E-state index contributed by atoms with van der Waals surface area (Å²) in [4.78, 5) is 4.20. The van der Waals surface area contributed by atoms with Crippen LogP contribution in [-0.4, -0.2) is 24.2 Å². The van der Waals surface area contributed by atoms with E-state index in [-0.39, 0.29) is 5.82 Å². The third-order valence-electron chi connectivity index (χ3n) is 4.38. The molecule has 1 aromatic carbocycles. The van der Waals surface area contributed by atoms with E-state index in [1.54, 1.807) is 0 Å². The highest BCUT2D eigenvalue weighted by Gasteiger charge is 2.14. The van der Waals surface area contributed by atoms with Crippen LogP contribution >= 0.6 is 0 Å². The first-order valence-electron chi connectivity index (χ1n) is 9.25. The van der Waals surface area contributed by atoms with Crippen molar-refractivity contribution in [2.24, 2.45) is 0 Å². The van der Waals surface area contributed by atoms with Gasteiger partial charge in [-0.1, -0.05) is 50.0 Å². The van der Waals surface area contributed by atoms with Crippen LogP contribution in [0.15, 0.2) is 48.7 Å². The summed E-state index contributed by atoms with van der Waals surface area (Å²) in [6.45, 7) is 9.01. The molecule has 6 heteroatoms. The van der Waals surface area contributed by atoms with E-state index in [9.17, 15) is 4.39 Å². The van der Waals surface area contributed by atoms with Gasteiger partial charge in [0.2, 0.25) is 0 Å². The molecule has 3 rings (SSSR count). The molecular formula is C21H27FN2O2Si. The Morgan fingerprint density at radius 3 is 2.56 bits per heavy atom. The second-order valence-corrected chi connectivity index (χ2v) is 13.6. The van der Waals surface area contributed by atoms with Crippen LogP contribution < -0.4 is 0 Å². The van der Waals surface area contributed by atoms with Crippen molar-refractivity contribution in [1.29, 1.82) is 0 Å². The van der Waals surface area contributed by atoms with Crippen LogP contribution in [0, 0.1) is 5.82 Å². The van der Waals surface area contributed by atoms with Gasteiger partial charge in [-0.15, -0.1) is 0 Å². The van der Waals surface area contributed by atoms with E-state index in [0.29, 0.717) is 26.6 Å². The number of nitrogens with zero attached hydrogens (tertiary/aromatic N) is 2. The van der Waals surface area contributed by atoms with Gasteiger partial charge in [0.05, 0.1) is 30.4 Å². The van der Waals surface area contributed by atoms with E-state index in [4.69, 9.17) is 9.47 Å². The molecule has 0 amide bonds. The molecule has 144 valence electrons. The molecule has 0 fully saturated rings. The first-order valence-corrected chi connectivity index (χ1v) is 13.0. The molecule has 0 atom stereocenters. The van der Waals surface area contributed by atoms with Crippen molar-refractivity contribution in [2.45, 2.75) is 45.6 Å². The Balaban J connectivity index is 1.70. The van der Waals surface area contributed by atoms with E-state index in [1.165, 1.54) is 12.3 Å². The van der Waals surface area contributed by atoms with Gasteiger partial charge in [0.15, 0.2) is 0 Å². The number of aromatic nitrogens is 2. The van der Waals surface area contributed by atoms with E-state index < -0.39 is 8.07 Å². The largest absolute Gasteiger partial charge is 0.371 e. The lowest BCUT2D eigenvalue weighted by Gasteiger charge is -2.17. The SMILES string of the molecule is C[Si](C)(C)CCOCn1c(COCc2ccccc2)cc2ncc(F)cc21. The van der Waals surface area contributed by atoms with Crippen molar-refractivity contribution >= 4 is 19.1 Å². The molecule has 0 bridgehead atoms. The highest BCUT2D eigenvalue weighted by Crippen LogP contribution is 2.21. The van der Waals surface area contributed by atoms with Gasteiger partial charge in [-0.05, 0) is 17.7 Å². The summed E-state index contributed by atoms with van der Waals surface area (Å²) in [5.74, 6) is -0.347. The number of benzene rings is 1. The maximum Gasteiger partial charge on any atom is 0.143 e. The van der Waals surface area contributed by atoms with Crippen molar-refractivity contribution < 1.29 is 13.9 Å². The van der Waals surface area contributed by atoms with E-state index in [0.717, 1.165) is 28.3 Å². The molecule has 0 spiro atoms. The molecule has 2 heterocycles. The van der Waals surface area contributed by atoms with Crippen LogP contribution in [0.1, 0.15) is 11.3 Å². The number of pyridine rings is 1. The summed E-state index contributed by atoms with van der Waals surface area (Å²) in [6.07, 6.45) is 1.24. The smallest absolute Gasteiger partial charge is 0.143 e. The molecule has 0 saturated heterocycles. The summed E-state index contributed by atoms with van der Waals surface area (Å²) in [5, 5.41) is 0. The molecule has 2 aromatic heterocycles. The third-order valence-corrected chi connectivity index (χ3v) is 6.09. The zero-order chi connectivity index (χ0) is 19.3. The Kier molecular flexibility index (Phi) is 6.41. The molecule has 0 aliphatic heterocycles. The van der Waals surface area contributed by atoms with Crippen molar-refractivity contribution in [2.75, 3.05) is 6.61 Å². The summed E-state index contributed by atoms with van der Waals surface area (Å²) >= 11 is 0. The van der Waals surface area contributed by atoms with Crippen LogP contribution in [0.2, 0.25) is 25.7 Å². The van der Waals surface area contributed by atoms with Crippen molar-refractivity contribution in [3.8, 4) is 0 Å². The van der Waals surface area contributed by atoms with Gasteiger partial charge >= 0.3 is 0 Å². The average molecular weight is 387 g/mol. The van der Waals surface area contributed by atoms with E-state index in [1.807, 2.05) is 41.0 Å². The zero-order valence-corrected chi connectivity index (χ0v) is 17.2. The van der Waals surface area contributed by atoms with Crippen LogP contribution in [0.4, 0.5) is 4.39 Å². The number of ether oxygens (including phenoxy) is 2. The number of halogens is 1. The monoisotopic (exact) mass is 386 g/mol. The molecule has 3 aromatic rings. The number of hydrogen-bond donors (Lipinski definition) is 0. The molecule has 0 unspecified atom stereocenters. The predicted octanol–water partition coefficient (Wildman–Crippen LogP) is 5.20. The Bertz CT molecular complexity index is 875. The third kappa shape index (κ3) is 5.72. The topological polar surface area (TPSA) is 36.3 Å². The Morgan fingerprint density at radius 2 is 1.81 bits per heavy atom. The molecule has 27 heavy (non-hydrogen) atoms. The van der Waals surface area contributed by atoms with Crippen LogP contribution in [-0.2, 0) is 29.4 Å². The lowest BCUT2D eigenvalue weighted by atomic mass is 10.2. The van der Waals surface area contributed by atoms with Crippen molar-refractivity contribution in [3.05, 3.63) is 65.7 Å². The van der Waals surface area contributed by atoms with Crippen molar-refractivity contribution in [1.82, 2.24) is 9.55 Å². The second-order valence-electron chi connectivity index (χ2n) is 7.95. The van der Waals surface area contributed by atoms with Crippen LogP contribution in [0.3, 0.4) is 0 Å². The standard InChI is InChI=1S/C21H27FN2O2Si/c1-27(2,3)10-9-25-16-24-19(12-20-21(24)11-18(22)13-23-20)15-26-14-17-7-5-4-6-8-17/h4-8,11-13H,9-10,14-16H2,1-3H3. The predicted molar refractivity (Wildman–Crippen MR) is 109 cm³/mol. The van der Waals surface area contributed by atoms with Gasteiger partial charge < -0.3 is 14.0 Å². The fraction of sp³-hybridized carbons (Fsp3) is 0.381. The van der Waals surface area contributed by atoms with Gasteiger partial charge in [-0.3, -0.25) is 4.98 Å². The maximum atomic E-state index is 13.7. The average Bonchev–Trinajstić information content (AvgIpc) is 2.96. The molecule has 4 nitrogen and oxygen atoms in total. The molecule has 0 radical (unpaired) electrons. The zero-order valence-electron chi connectivity index (χ0n) is 16.2. The van der Waals surface area contributed by atoms with E-state index >= 15 is 0 Å². The Morgan fingerprint density at radius 1 is 1.04 bits per heavy atom. The first-order chi connectivity index (χ1) is 12.9. The number of rotatable bonds is 9. The molecule has 0 aliphatic rings. The minimum Gasteiger partial charge on any atom is -0.371 e. The first kappa shape index (κ1) is 19.7. The minimum absolute atomic E-state index is 0.347. The van der Waals surface area contributed by atoms with Crippen LogP contribution in [0.5, 0.6) is 0 Å². The fourth-order valence-corrected chi connectivity index (χ4v) is 3.57. The molecule has 0 N–H and O–H groups in total. The highest BCUT2D eigenvalue weighted by molar-refractivity contribution is 6.76. The Labute approximate surface area is 161 Å². The lowest BCUT2D eigenvalue weighted by molar-refractivity contribution is 0.0716. The normalized spacial score (nSPS) is 12.0. The maximum absolute atomic E-state index is 13.7. The molecular weight excluding hydrogens is 359 g/mol. The molecule has 0 aliphatic carbocycles. The minimum atomic E-state index is -1.15. The highest BCUT2D eigenvalue weighted by atomic mass is 28.3. The van der Waals surface area contributed by atoms with Gasteiger partial charge in [0.1, 0.15) is 12.5 Å². The van der Waals surface area contributed by atoms with Gasteiger partial charge in [-0.25, -0.2) is 4.39 Å². The lowest BCUT2D eigenvalue weighted by Crippen LogP contribution is -2.22. The summed E-state index contributed by atoms with van der Waals surface area (Å²) in [7, 11) is -1.15. The number of hydrogen-bond acceptors (Lipinski definition) is 3. The summed E-state index contributed by atoms with van der Waals surface area (Å²) in [6, 6.07) is 14.6. The van der Waals surface area contributed by atoms with Gasteiger partial charge in [-0.2, -0.15) is 0 Å². The molecule has 0 saturated carbocycles. The fourth-order valence-electron chi connectivity index (χ4n) is 2.81. The quantitative estimate of drug-likeness (QED) is 0.374. The van der Waals surface area contributed by atoms with Crippen molar-refractivity contribution in [3.63, 3.8) is 0 Å². The van der Waals surface area contributed by atoms with Crippen LogP contribution in [0.25, 0.3) is 11.0 Å². The van der Waals surface area contributed by atoms with E-state index in [2.05, 4.69) is 24.6 Å². The summed E-state index contributed by atoms with van der Waals surface area (Å²) < 4.78 is 27.4. The number of fused-ring (bicyclic) bond motifs is 1. The second kappa shape index (κ2) is 8.78. The summed E-state index contributed by atoms with van der Waals surface area (Å²) in [5.41, 5.74) is 3.55. The Hall–Kier alpha value is -2.02. The van der Waals surface area contributed by atoms with Gasteiger partial charge in [0.25, 0.3) is 0 Å². The van der Waals surface area contributed by atoms with Gasteiger partial charge in [0, 0.05) is 26.4 Å².